The number of rotatable bonds is 11. The van der Waals surface area contributed by atoms with Gasteiger partial charge in [-0.05, 0) is 13.3 Å². The maximum Gasteiger partial charge on any atom is 0.335 e. The van der Waals surface area contributed by atoms with Crippen molar-refractivity contribution in [1.29, 1.82) is 0 Å². The van der Waals surface area contributed by atoms with Gasteiger partial charge in [0.05, 0.1) is 19.6 Å². The summed E-state index contributed by atoms with van der Waals surface area (Å²) >= 11 is 0. The van der Waals surface area contributed by atoms with Gasteiger partial charge in [0.1, 0.15) is 0 Å². The Kier molecular flexibility index (Phi) is 11.3. The number of aliphatic hydroxyl groups excluding tert-OH is 1. The van der Waals surface area contributed by atoms with Gasteiger partial charge in [0.2, 0.25) is 0 Å². The Morgan fingerprint density at radius 2 is 1.63 bits per heavy atom. The quantitative estimate of drug-likeness (QED) is 0.462. The first-order valence-electron chi connectivity index (χ1n) is 7.12. The predicted octanol–water partition coefficient (Wildman–Crippen LogP) is 2.20. The molecule has 5 heteroatoms. The maximum atomic E-state index is 11.3. The number of carbonyl (C=O) groups excluding carboxylic acids is 2. The Hall–Kier alpha value is -1.10. The van der Waals surface area contributed by atoms with Crippen molar-refractivity contribution < 1.29 is 24.2 Å². The second-order valence-corrected chi connectivity index (χ2v) is 4.46. The summed E-state index contributed by atoms with van der Waals surface area (Å²) in [7, 11) is 0. The third kappa shape index (κ3) is 10.5. The van der Waals surface area contributed by atoms with Crippen LogP contribution in [0.15, 0.2) is 0 Å². The van der Waals surface area contributed by atoms with Crippen LogP contribution in [-0.4, -0.2) is 36.4 Å². The van der Waals surface area contributed by atoms with Crippen molar-refractivity contribution in [3.05, 3.63) is 0 Å². The Labute approximate surface area is 115 Å². The molecule has 19 heavy (non-hydrogen) atoms. The van der Waals surface area contributed by atoms with Crippen LogP contribution in [0.25, 0.3) is 0 Å². The highest BCUT2D eigenvalue weighted by atomic mass is 16.6. The molecule has 0 saturated carbocycles. The number of ether oxygens (including phenoxy) is 2. The molecule has 0 bridgehead atoms. The highest BCUT2D eigenvalue weighted by Gasteiger charge is 2.20. The van der Waals surface area contributed by atoms with Crippen LogP contribution in [0.4, 0.5) is 0 Å². The Bertz CT molecular complexity index is 252. The molecule has 0 rings (SSSR count). The molecule has 0 spiro atoms. The van der Waals surface area contributed by atoms with Crippen molar-refractivity contribution in [2.24, 2.45) is 0 Å². The lowest BCUT2D eigenvalue weighted by Crippen LogP contribution is -2.27. The molecule has 0 saturated heterocycles. The van der Waals surface area contributed by atoms with Gasteiger partial charge in [-0.2, -0.15) is 0 Å². The molecule has 0 aliphatic rings. The monoisotopic (exact) mass is 274 g/mol. The number of esters is 2. The fourth-order valence-electron chi connectivity index (χ4n) is 1.61. The Balaban J connectivity index is 3.51. The molecule has 1 atom stereocenters. The van der Waals surface area contributed by atoms with Crippen molar-refractivity contribution in [2.75, 3.05) is 13.2 Å². The van der Waals surface area contributed by atoms with E-state index in [9.17, 15) is 14.7 Å². The summed E-state index contributed by atoms with van der Waals surface area (Å²) in [6, 6.07) is 0. The summed E-state index contributed by atoms with van der Waals surface area (Å²) in [4.78, 5) is 22.4. The Morgan fingerprint density at radius 3 is 2.26 bits per heavy atom. The highest BCUT2D eigenvalue weighted by molar-refractivity contribution is 5.81. The minimum absolute atomic E-state index is 0.183. The second-order valence-electron chi connectivity index (χ2n) is 4.46. The van der Waals surface area contributed by atoms with Crippen LogP contribution < -0.4 is 0 Å². The number of unbranched alkanes of at least 4 members (excludes halogenated alkanes) is 5. The third-order valence-corrected chi connectivity index (χ3v) is 2.68. The molecule has 0 aromatic heterocycles. The van der Waals surface area contributed by atoms with Crippen LogP contribution in [0.2, 0.25) is 0 Å². The van der Waals surface area contributed by atoms with Crippen molar-refractivity contribution in [1.82, 2.24) is 0 Å². The van der Waals surface area contributed by atoms with E-state index < -0.39 is 18.0 Å². The normalized spacial score (nSPS) is 11.9. The van der Waals surface area contributed by atoms with Crippen LogP contribution >= 0.6 is 0 Å². The fraction of sp³-hybridized carbons (Fsp3) is 0.857. The molecule has 0 radical (unpaired) electrons. The van der Waals surface area contributed by atoms with E-state index in [4.69, 9.17) is 4.74 Å². The summed E-state index contributed by atoms with van der Waals surface area (Å²) in [6.07, 6.45) is 4.92. The molecule has 0 aliphatic heterocycles. The first-order valence-corrected chi connectivity index (χ1v) is 7.12. The summed E-state index contributed by atoms with van der Waals surface area (Å²) in [5.41, 5.74) is 0. The lowest BCUT2D eigenvalue weighted by Gasteiger charge is -2.09. The number of hydrogen-bond donors (Lipinski definition) is 1. The van der Waals surface area contributed by atoms with E-state index >= 15 is 0 Å². The van der Waals surface area contributed by atoms with Gasteiger partial charge in [0.15, 0.2) is 6.10 Å². The van der Waals surface area contributed by atoms with Crippen LogP contribution in [0.3, 0.4) is 0 Å². The minimum Gasteiger partial charge on any atom is -0.466 e. The van der Waals surface area contributed by atoms with Gasteiger partial charge in [-0.3, -0.25) is 4.79 Å². The molecule has 112 valence electrons. The van der Waals surface area contributed by atoms with Crippen LogP contribution in [0.5, 0.6) is 0 Å². The van der Waals surface area contributed by atoms with E-state index in [-0.39, 0.29) is 13.0 Å². The van der Waals surface area contributed by atoms with Gasteiger partial charge >= 0.3 is 11.9 Å². The maximum absolute atomic E-state index is 11.3. The van der Waals surface area contributed by atoms with E-state index in [1.807, 2.05) is 0 Å². The zero-order valence-corrected chi connectivity index (χ0v) is 12.0. The molecule has 0 amide bonds. The molecule has 0 heterocycles. The van der Waals surface area contributed by atoms with Gasteiger partial charge in [-0.15, -0.1) is 0 Å². The van der Waals surface area contributed by atoms with Crippen LogP contribution in [0.1, 0.15) is 58.8 Å². The Morgan fingerprint density at radius 1 is 1.00 bits per heavy atom. The molecule has 0 aromatic rings. The van der Waals surface area contributed by atoms with E-state index in [2.05, 4.69) is 11.7 Å². The molecule has 0 aliphatic carbocycles. The number of hydrogen-bond acceptors (Lipinski definition) is 5. The second kappa shape index (κ2) is 12.0. The smallest absolute Gasteiger partial charge is 0.335 e. The van der Waals surface area contributed by atoms with Gasteiger partial charge < -0.3 is 14.6 Å². The number of aliphatic hydroxyl groups is 1. The lowest BCUT2D eigenvalue weighted by atomic mass is 10.1. The SMILES string of the molecule is CCCCCCCCOC(=O)CC(O)C(=O)OCC. The fourth-order valence-corrected chi connectivity index (χ4v) is 1.61. The van der Waals surface area contributed by atoms with Crippen LogP contribution in [0, 0.1) is 0 Å². The van der Waals surface area contributed by atoms with Gasteiger partial charge in [0.25, 0.3) is 0 Å². The molecule has 0 aromatic carbocycles. The predicted molar refractivity (Wildman–Crippen MR) is 71.6 cm³/mol. The standard InChI is InChI=1S/C14H26O5/c1-3-5-6-7-8-9-10-19-13(16)11-12(15)14(17)18-4-2/h12,15H,3-11H2,1-2H3. The summed E-state index contributed by atoms with van der Waals surface area (Å²) in [6.45, 7) is 4.33. The average Bonchev–Trinajstić information content (AvgIpc) is 2.38. The summed E-state index contributed by atoms with van der Waals surface area (Å²) in [5.74, 6) is -1.34. The van der Waals surface area contributed by atoms with E-state index in [0.29, 0.717) is 6.61 Å². The summed E-state index contributed by atoms with van der Waals surface area (Å²) < 4.78 is 9.53. The zero-order valence-electron chi connectivity index (χ0n) is 12.0. The highest BCUT2D eigenvalue weighted by Crippen LogP contribution is 2.05. The largest absolute Gasteiger partial charge is 0.466 e. The topological polar surface area (TPSA) is 72.8 Å². The molecule has 0 fully saturated rings. The molecule has 5 nitrogen and oxygen atoms in total. The summed E-state index contributed by atoms with van der Waals surface area (Å²) in [5, 5.41) is 9.34. The third-order valence-electron chi connectivity index (χ3n) is 2.68. The van der Waals surface area contributed by atoms with Gasteiger partial charge in [-0.1, -0.05) is 39.0 Å². The molecular formula is C14H26O5. The molecule has 1 unspecified atom stereocenters. The first-order chi connectivity index (χ1) is 9.11. The van der Waals surface area contributed by atoms with E-state index in [1.54, 1.807) is 6.92 Å². The minimum atomic E-state index is -1.42. The van der Waals surface area contributed by atoms with Gasteiger partial charge in [0, 0.05) is 0 Å². The van der Waals surface area contributed by atoms with Crippen molar-refractivity contribution in [3.8, 4) is 0 Å². The van der Waals surface area contributed by atoms with Crippen molar-refractivity contribution in [2.45, 2.75) is 64.9 Å². The van der Waals surface area contributed by atoms with Crippen molar-refractivity contribution >= 4 is 11.9 Å². The lowest BCUT2D eigenvalue weighted by molar-refractivity contribution is -0.159. The average molecular weight is 274 g/mol. The molecular weight excluding hydrogens is 248 g/mol. The van der Waals surface area contributed by atoms with Gasteiger partial charge in [-0.25, -0.2) is 4.79 Å². The van der Waals surface area contributed by atoms with E-state index in [0.717, 1.165) is 19.3 Å². The first kappa shape index (κ1) is 17.9. The zero-order chi connectivity index (χ0) is 14.5. The molecule has 1 N–H and O–H groups in total. The van der Waals surface area contributed by atoms with Crippen LogP contribution in [-0.2, 0) is 19.1 Å². The van der Waals surface area contributed by atoms with E-state index in [1.165, 1.54) is 19.3 Å². The number of carbonyl (C=O) groups is 2. The van der Waals surface area contributed by atoms with Crippen molar-refractivity contribution in [3.63, 3.8) is 0 Å².